The number of rotatable bonds is 3. The Bertz CT molecular complexity index is 1470. The summed E-state index contributed by atoms with van der Waals surface area (Å²) < 4.78 is 0. The van der Waals surface area contributed by atoms with E-state index < -0.39 is 5.54 Å². The lowest BCUT2D eigenvalue weighted by atomic mass is 9.72. The molecule has 0 atom stereocenters. The predicted octanol–water partition coefficient (Wildman–Crippen LogP) is 3.86. The first-order valence-electron chi connectivity index (χ1n) is 11.7. The van der Waals surface area contributed by atoms with Crippen LogP contribution in [0.4, 0.5) is 11.4 Å². The number of likely N-dealkylation sites (tertiary alicyclic amines) is 1. The number of carbonyl (C=O) groups excluding carboxylic acids is 2. The molecular weight excluding hydrogens is 476 g/mol. The van der Waals surface area contributed by atoms with Gasteiger partial charge in [-0.1, -0.05) is 11.6 Å². The van der Waals surface area contributed by atoms with Gasteiger partial charge in [0.1, 0.15) is 6.07 Å². The third-order valence-electron chi connectivity index (χ3n) is 7.47. The van der Waals surface area contributed by atoms with Crippen molar-refractivity contribution in [1.29, 1.82) is 5.26 Å². The lowest BCUT2D eigenvalue weighted by molar-refractivity contribution is -0.0105. The summed E-state index contributed by atoms with van der Waals surface area (Å²) in [4.78, 5) is 40.3. The second kappa shape index (κ2) is 7.77. The van der Waals surface area contributed by atoms with Crippen molar-refractivity contribution in [2.24, 2.45) is 5.41 Å². The second-order valence-corrected chi connectivity index (χ2v) is 10.8. The van der Waals surface area contributed by atoms with Gasteiger partial charge >= 0.3 is 0 Å². The zero-order chi connectivity index (χ0) is 25.2. The number of anilines is 2. The molecule has 0 saturated carbocycles. The van der Waals surface area contributed by atoms with Crippen LogP contribution in [-0.4, -0.2) is 52.9 Å². The molecule has 3 aliphatic rings. The van der Waals surface area contributed by atoms with Crippen molar-refractivity contribution in [1.82, 2.24) is 14.9 Å². The highest BCUT2D eigenvalue weighted by Crippen LogP contribution is 2.45. The smallest absolute Gasteiger partial charge is 0.259 e. The van der Waals surface area contributed by atoms with E-state index in [0.29, 0.717) is 34.8 Å². The summed E-state index contributed by atoms with van der Waals surface area (Å²) in [5.41, 5.74) is 3.58. The van der Waals surface area contributed by atoms with Crippen LogP contribution in [0.15, 0.2) is 55.1 Å². The standard InChI is InChI=1S/C27H23ClN6O2/c1-26(2)23-6-19(28)3-4-22(23)25(36)34(26)21-7-20(11-31-12-21)32-13-27(14-32)15-33(16-27)24(35)18-5-17(8-29)9-30-10-18/h3-7,9-12H,13-16H2,1-2H3. The summed E-state index contributed by atoms with van der Waals surface area (Å²) in [6.45, 7) is 6.98. The highest BCUT2D eigenvalue weighted by molar-refractivity contribution is 6.31. The minimum Gasteiger partial charge on any atom is -0.369 e. The van der Waals surface area contributed by atoms with E-state index >= 15 is 0 Å². The third kappa shape index (κ3) is 3.34. The van der Waals surface area contributed by atoms with E-state index in [1.54, 1.807) is 34.2 Å². The summed E-state index contributed by atoms with van der Waals surface area (Å²) in [6, 6.07) is 11.0. The highest BCUT2D eigenvalue weighted by Gasteiger charge is 2.53. The number of fused-ring (bicyclic) bond motifs is 1. The molecule has 2 aromatic heterocycles. The molecule has 1 spiro atoms. The van der Waals surface area contributed by atoms with Gasteiger partial charge in [0.2, 0.25) is 0 Å². The van der Waals surface area contributed by atoms with Gasteiger partial charge in [0.15, 0.2) is 0 Å². The normalized spacial score (nSPS) is 18.9. The summed E-state index contributed by atoms with van der Waals surface area (Å²) in [6.07, 6.45) is 6.49. The summed E-state index contributed by atoms with van der Waals surface area (Å²) in [7, 11) is 0. The molecule has 2 fully saturated rings. The molecule has 9 heteroatoms. The molecule has 0 N–H and O–H groups in total. The van der Waals surface area contributed by atoms with Crippen molar-refractivity contribution < 1.29 is 9.59 Å². The van der Waals surface area contributed by atoms with Crippen LogP contribution in [0, 0.1) is 16.7 Å². The Hall–Kier alpha value is -3.96. The minimum atomic E-state index is -0.555. The van der Waals surface area contributed by atoms with Crippen molar-refractivity contribution in [2.75, 3.05) is 36.0 Å². The Labute approximate surface area is 213 Å². The minimum absolute atomic E-state index is 0.0572. The first kappa shape index (κ1) is 22.5. The number of halogens is 1. The monoisotopic (exact) mass is 498 g/mol. The number of carbonyl (C=O) groups is 2. The fraction of sp³-hybridized carbons (Fsp3) is 0.296. The topological polar surface area (TPSA) is 93.4 Å². The van der Waals surface area contributed by atoms with Crippen molar-refractivity contribution in [3.05, 3.63) is 82.4 Å². The van der Waals surface area contributed by atoms with Gasteiger partial charge in [0.25, 0.3) is 11.8 Å². The number of nitriles is 1. The molecule has 3 aromatic rings. The Morgan fingerprint density at radius 3 is 2.47 bits per heavy atom. The number of hydrogen-bond acceptors (Lipinski definition) is 6. The van der Waals surface area contributed by atoms with E-state index in [9.17, 15) is 9.59 Å². The van der Waals surface area contributed by atoms with Crippen LogP contribution >= 0.6 is 11.6 Å². The van der Waals surface area contributed by atoms with Gasteiger partial charge in [-0.25, -0.2) is 0 Å². The van der Waals surface area contributed by atoms with Crippen LogP contribution in [-0.2, 0) is 5.54 Å². The first-order chi connectivity index (χ1) is 17.2. The molecule has 1 aromatic carbocycles. The Morgan fingerprint density at radius 2 is 1.72 bits per heavy atom. The van der Waals surface area contributed by atoms with Gasteiger partial charge in [-0.2, -0.15) is 5.26 Å². The number of benzene rings is 1. The molecule has 3 aliphatic heterocycles. The average Bonchev–Trinajstić information content (AvgIpc) is 3.01. The largest absolute Gasteiger partial charge is 0.369 e. The maximum Gasteiger partial charge on any atom is 0.259 e. The first-order valence-corrected chi connectivity index (χ1v) is 12.1. The van der Waals surface area contributed by atoms with Crippen molar-refractivity contribution in [2.45, 2.75) is 19.4 Å². The van der Waals surface area contributed by atoms with E-state index in [1.807, 2.05) is 38.2 Å². The zero-order valence-corrected chi connectivity index (χ0v) is 20.7. The maximum absolute atomic E-state index is 13.3. The van der Waals surface area contributed by atoms with Crippen molar-refractivity contribution in [3.8, 4) is 6.07 Å². The molecule has 180 valence electrons. The fourth-order valence-corrected chi connectivity index (χ4v) is 5.88. The zero-order valence-electron chi connectivity index (χ0n) is 19.9. The summed E-state index contributed by atoms with van der Waals surface area (Å²) >= 11 is 6.22. The van der Waals surface area contributed by atoms with Gasteiger partial charge in [-0.3, -0.25) is 24.5 Å². The van der Waals surface area contributed by atoms with E-state index in [1.165, 1.54) is 12.4 Å². The van der Waals surface area contributed by atoms with Gasteiger partial charge in [-0.05, 0) is 49.7 Å². The van der Waals surface area contributed by atoms with E-state index in [4.69, 9.17) is 16.9 Å². The van der Waals surface area contributed by atoms with E-state index in [-0.39, 0.29) is 17.2 Å². The van der Waals surface area contributed by atoms with Gasteiger partial charge < -0.3 is 9.80 Å². The van der Waals surface area contributed by atoms with Crippen molar-refractivity contribution >= 4 is 34.8 Å². The summed E-state index contributed by atoms with van der Waals surface area (Å²) in [5, 5.41) is 9.67. The number of aromatic nitrogens is 2. The lowest BCUT2D eigenvalue weighted by Gasteiger charge is -2.60. The molecular formula is C27H23ClN6O2. The molecule has 5 heterocycles. The van der Waals surface area contributed by atoms with Crippen LogP contribution in [0.5, 0.6) is 0 Å². The molecule has 6 rings (SSSR count). The van der Waals surface area contributed by atoms with E-state index in [0.717, 1.165) is 30.0 Å². The molecule has 36 heavy (non-hydrogen) atoms. The predicted molar refractivity (Wildman–Crippen MR) is 135 cm³/mol. The van der Waals surface area contributed by atoms with Crippen LogP contribution < -0.4 is 9.80 Å². The summed E-state index contributed by atoms with van der Waals surface area (Å²) in [5.74, 6) is -0.157. The molecule has 0 bridgehead atoms. The number of pyridine rings is 2. The van der Waals surface area contributed by atoms with Gasteiger partial charge in [-0.15, -0.1) is 0 Å². The molecule has 2 amide bonds. The Kier molecular flexibility index (Phi) is 4.86. The number of nitrogens with zero attached hydrogens (tertiary/aromatic N) is 6. The second-order valence-electron chi connectivity index (χ2n) is 10.4. The molecule has 0 unspecified atom stereocenters. The average molecular weight is 499 g/mol. The van der Waals surface area contributed by atoms with Crippen LogP contribution in [0.2, 0.25) is 5.02 Å². The van der Waals surface area contributed by atoms with Crippen LogP contribution in [0.3, 0.4) is 0 Å². The lowest BCUT2D eigenvalue weighted by Crippen LogP contribution is -2.73. The third-order valence-corrected chi connectivity index (χ3v) is 7.71. The van der Waals surface area contributed by atoms with Crippen LogP contribution in [0.1, 0.15) is 45.7 Å². The molecule has 2 saturated heterocycles. The van der Waals surface area contributed by atoms with E-state index in [2.05, 4.69) is 14.9 Å². The number of hydrogen-bond donors (Lipinski definition) is 0. The molecule has 0 aliphatic carbocycles. The highest BCUT2D eigenvalue weighted by atomic mass is 35.5. The maximum atomic E-state index is 13.3. The van der Waals surface area contributed by atoms with Crippen LogP contribution in [0.25, 0.3) is 0 Å². The van der Waals surface area contributed by atoms with Gasteiger partial charge in [0.05, 0.1) is 40.4 Å². The fourth-order valence-electron chi connectivity index (χ4n) is 5.71. The molecule has 8 nitrogen and oxygen atoms in total. The van der Waals surface area contributed by atoms with Gasteiger partial charge in [0, 0.05) is 54.6 Å². The quantitative estimate of drug-likeness (QED) is 0.544. The SMILES string of the molecule is CC1(C)c2cc(Cl)ccc2C(=O)N1c1cncc(N2CC3(CN(C(=O)c4cncc(C#N)c4)C3)C2)c1. The molecule has 0 radical (unpaired) electrons. The van der Waals surface area contributed by atoms with Crippen molar-refractivity contribution in [3.63, 3.8) is 0 Å². The number of amides is 2. The Balaban J connectivity index is 1.15. The Morgan fingerprint density at radius 1 is 1.00 bits per heavy atom.